The average Bonchev–Trinajstić information content (AvgIpc) is 2.97. The molecule has 0 aliphatic carbocycles. The van der Waals surface area contributed by atoms with Gasteiger partial charge in [0, 0.05) is 6.42 Å². The van der Waals surface area contributed by atoms with Crippen molar-refractivity contribution in [2.75, 3.05) is 13.2 Å². The minimum Gasteiger partial charge on any atom is -0.490 e. The largest absolute Gasteiger partial charge is 0.490 e. The maximum atomic E-state index is 13.2. The average molecular weight is 392 g/mol. The Morgan fingerprint density at radius 3 is 2.41 bits per heavy atom. The van der Waals surface area contributed by atoms with E-state index in [-0.39, 0.29) is 5.01 Å². The van der Waals surface area contributed by atoms with Crippen molar-refractivity contribution in [2.24, 2.45) is 5.10 Å². The molecule has 0 spiro atoms. The fourth-order valence-electron chi connectivity index (χ4n) is 2.61. The summed E-state index contributed by atoms with van der Waals surface area (Å²) in [6.45, 7) is 4.25. The summed E-state index contributed by atoms with van der Waals surface area (Å²) in [6.07, 6.45) is -8.16. The van der Waals surface area contributed by atoms with Gasteiger partial charge in [0.05, 0.1) is 19.6 Å². The van der Waals surface area contributed by atoms with Gasteiger partial charge in [-0.05, 0) is 31.5 Å². The van der Waals surface area contributed by atoms with Gasteiger partial charge in [-0.2, -0.15) is 10.1 Å². The number of nitrogens with zero attached hydrogens (tertiary/aromatic N) is 2. The number of hydrogen-bond acceptors (Lipinski definition) is 5. The van der Waals surface area contributed by atoms with Gasteiger partial charge in [0.15, 0.2) is 11.5 Å². The molecule has 0 fully saturated rings. The zero-order valence-corrected chi connectivity index (χ0v) is 14.8. The number of aliphatic hydroxyl groups is 1. The van der Waals surface area contributed by atoms with Crippen molar-refractivity contribution in [1.82, 2.24) is 5.01 Å². The number of benzene rings is 1. The number of rotatable bonds is 8. The summed E-state index contributed by atoms with van der Waals surface area (Å²) in [6, 6.07) is 4.55. The van der Waals surface area contributed by atoms with E-state index in [2.05, 4.69) is 5.10 Å². The Morgan fingerprint density at radius 2 is 1.85 bits per heavy atom. The van der Waals surface area contributed by atoms with Gasteiger partial charge in [0.1, 0.15) is 5.71 Å². The molecule has 150 valence electrons. The minimum absolute atomic E-state index is 0.0516. The first-order chi connectivity index (χ1) is 12.7. The monoisotopic (exact) mass is 392 g/mol. The van der Waals surface area contributed by atoms with Gasteiger partial charge in [-0.25, -0.2) is 17.6 Å². The van der Waals surface area contributed by atoms with E-state index in [4.69, 9.17) is 9.47 Å². The van der Waals surface area contributed by atoms with E-state index >= 15 is 0 Å². The number of alkyl halides is 4. The Hall–Kier alpha value is -2.36. The Labute approximate surface area is 153 Å². The van der Waals surface area contributed by atoms with Gasteiger partial charge in [-0.1, -0.05) is 6.07 Å². The summed E-state index contributed by atoms with van der Waals surface area (Å²) < 4.78 is 62.9. The van der Waals surface area contributed by atoms with Crippen LogP contribution in [-0.2, 0) is 11.2 Å². The van der Waals surface area contributed by atoms with Crippen LogP contribution in [0.4, 0.5) is 17.6 Å². The molecule has 0 saturated heterocycles. The van der Waals surface area contributed by atoms with E-state index in [1.807, 2.05) is 0 Å². The molecular weight excluding hydrogens is 372 g/mol. The third kappa shape index (κ3) is 4.49. The molecule has 10 heteroatoms. The van der Waals surface area contributed by atoms with Crippen LogP contribution in [0.3, 0.4) is 0 Å². The fourth-order valence-corrected chi connectivity index (χ4v) is 2.61. The van der Waals surface area contributed by atoms with Crippen molar-refractivity contribution >= 4 is 11.6 Å². The summed E-state index contributed by atoms with van der Waals surface area (Å²) in [5.74, 6) is -0.245. The zero-order valence-electron chi connectivity index (χ0n) is 14.8. The highest BCUT2D eigenvalue weighted by Crippen LogP contribution is 2.34. The Morgan fingerprint density at radius 1 is 1.22 bits per heavy atom. The molecule has 0 bridgehead atoms. The molecule has 1 atom stereocenters. The van der Waals surface area contributed by atoms with Crippen LogP contribution in [0.1, 0.15) is 25.8 Å². The van der Waals surface area contributed by atoms with Crippen LogP contribution in [-0.4, -0.2) is 53.5 Å². The second-order valence-corrected chi connectivity index (χ2v) is 5.78. The van der Waals surface area contributed by atoms with Gasteiger partial charge in [0.2, 0.25) is 11.6 Å². The van der Waals surface area contributed by atoms with Crippen molar-refractivity contribution in [1.29, 1.82) is 0 Å². The Kier molecular flexibility index (Phi) is 6.63. The van der Waals surface area contributed by atoms with E-state index in [0.717, 1.165) is 0 Å². The number of halogens is 4. The number of hydrogen-bond donors (Lipinski definition) is 1. The molecule has 0 radical (unpaired) electrons. The maximum Gasteiger partial charge on any atom is 0.287 e. The molecule has 1 aliphatic rings. The van der Waals surface area contributed by atoms with Gasteiger partial charge >= 0.3 is 0 Å². The van der Waals surface area contributed by atoms with Crippen LogP contribution in [0.15, 0.2) is 23.3 Å². The summed E-state index contributed by atoms with van der Waals surface area (Å²) >= 11 is 0. The summed E-state index contributed by atoms with van der Waals surface area (Å²) in [7, 11) is 0. The summed E-state index contributed by atoms with van der Waals surface area (Å²) in [4.78, 5) is 12.4. The lowest BCUT2D eigenvalue weighted by molar-refractivity contribution is -0.191. The molecule has 6 nitrogen and oxygen atoms in total. The Bertz CT molecular complexity index is 714. The minimum atomic E-state index is -3.46. The first-order valence-electron chi connectivity index (χ1n) is 8.30. The van der Waals surface area contributed by atoms with Gasteiger partial charge in [-0.3, -0.25) is 4.79 Å². The van der Waals surface area contributed by atoms with Crippen LogP contribution in [0, 0.1) is 0 Å². The number of carbonyl (C=O) groups excluding carboxylic acids is 1. The van der Waals surface area contributed by atoms with Crippen LogP contribution < -0.4 is 9.47 Å². The van der Waals surface area contributed by atoms with E-state index in [1.165, 1.54) is 12.1 Å². The number of carbonyl (C=O) groups is 1. The molecule has 1 aromatic rings. The number of hydrazone groups is 1. The summed E-state index contributed by atoms with van der Waals surface area (Å²) in [5, 5.41) is 13.3. The predicted octanol–water partition coefficient (Wildman–Crippen LogP) is 2.83. The van der Waals surface area contributed by atoms with Crippen LogP contribution in [0.2, 0.25) is 0 Å². The molecule has 0 unspecified atom stereocenters. The number of ether oxygens (including phenoxy) is 2. The first kappa shape index (κ1) is 20.9. The van der Waals surface area contributed by atoms with E-state index in [0.29, 0.717) is 30.3 Å². The topological polar surface area (TPSA) is 71.4 Å². The van der Waals surface area contributed by atoms with Crippen LogP contribution in [0.25, 0.3) is 0 Å². The van der Waals surface area contributed by atoms with E-state index in [1.54, 1.807) is 19.9 Å². The van der Waals surface area contributed by atoms with Crippen LogP contribution in [0.5, 0.6) is 11.5 Å². The highest BCUT2D eigenvalue weighted by atomic mass is 19.3. The molecule has 1 heterocycles. The standard InChI is InChI=1S/C17H20F4N2O4/c1-3-26-12-6-5-10(7-13(12)27-4-2)8-14(24)23-17(25,16(20)21)9-11(22-23)15(18)19/h5-7,15-16,25H,3-4,8-9H2,1-2H3/t17-/m0/s1. The van der Waals surface area contributed by atoms with E-state index in [9.17, 15) is 27.5 Å². The lowest BCUT2D eigenvalue weighted by atomic mass is 10.1. The quantitative estimate of drug-likeness (QED) is 0.691. The third-order valence-electron chi connectivity index (χ3n) is 3.84. The van der Waals surface area contributed by atoms with Crippen molar-refractivity contribution < 1.29 is 36.9 Å². The molecule has 27 heavy (non-hydrogen) atoms. The van der Waals surface area contributed by atoms with Gasteiger partial charge in [-0.15, -0.1) is 0 Å². The van der Waals surface area contributed by atoms with Crippen molar-refractivity contribution in [3.63, 3.8) is 0 Å². The molecule has 2 rings (SSSR count). The first-order valence-corrected chi connectivity index (χ1v) is 8.30. The molecule has 1 aromatic carbocycles. The highest BCUT2D eigenvalue weighted by Gasteiger charge is 2.53. The SMILES string of the molecule is CCOc1ccc(CC(=O)N2N=C(C(F)F)C[C@]2(O)C(F)F)cc1OCC. The van der Waals surface area contributed by atoms with Crippen LogP contribution >= 0.6 is 0 Å². The number of amides is 1. The second-order valence-electron chi connectivity index (χ2n) is 5.78. The molecule has 1 amide bonds. The highest BCUT2D eigenvalue weighted by molar-refractivity contribution is 5.93. The molecule has 0 saturated carbocycles. The Balaban J connectivity index is 2.25. The van der Waals surface area contributed by atoms with Gasteiger partial charge < -0.3 is 14.6 Å². The second kappa shape index (κ2) is 8.55. The predicted molar refractivity (Wildman–Crippen MR) is 88.3 cm³/mol. The molecule has 0 aromatic heterocycles. The lowest BCUT2D eigenvalue weighted by Gasteiger charge is -2.30. The zero-order chi connectivity index (χ0) is 20.2. The van der Waals surface area contributed by atoms with E-state index < -0.39 is 43.0 Å². The normalized spacial score (nSPS) is 19.6. The molecular formula is C17H20F4N2O4. The van der Waals surface area contributed by atoms with Crippen molar-refractivity contribution in [3.8, 4) is 11.5 Å². The third-order valence-corrected chi connectivity index (χ3v) is 3.84. The fraction of sp³-hybridized carbons (Fsp3) is 0.529. The van der Waals surface area contributed by atoms with Gasteiger partial charge in [0.25, 0.3) is 12.9 Å². The summed E-state index contributed by atoms with van der Waals surface area (Å²) in [5.41, 5.74) is -3.69. The molecule has 1 aliphatic heterocycles. The van der Waals surface area contributed by atoms with Crippen molar-refractivity contribution in [3.05, 3.63) is 23.8 Å². The smallest absolute Gasteiger partial charge is 0.287 e. The molecule has 1 N–H and O–H groups in total. The lowest BCUT2D eigenvalue weighted by Crippen LogP contribution is -2.52. The maximum absolute atomic E-state index is 13.2. The van der Waals surface area contributed by atoms with Crippen molar-refractivity contribution in [2.45, 2.75) is 45.3 Å².